The molecule has 5 heteroatoms. The zero-order valence-corrected chi connectivity index (χ0v) is 19.2. The molecule has 1 unspecified atom stereocenters. The van der Waals surface area contributed by atoms with Gasteiger partial charge in [0.25, 0.3) is 0 Å². The number of hydrogen-bond donors (Lipinski definition) is 1. The highest BCUT2D eigenvalue weighted by Crippen LogP contribution is 2.18. The van der Waals surface area contributed by atoms with Crippen LogP contribution in [0.5, 0.6) is 0 Å². The van der Waals surface area contributed by atoms with Crippen LogP contribution in [0.15, 0.2) is 48.5 Å². The van der Waals surface area contributed by atoms with Crippen molar-refractivity contribution >= 4 is 23.4 Å². The van der Waals surface area contributed by atoms with Gasteiger partial charge in [-0.1, -0.05) is 68.8 Å². The van der Waals surface area contributed by atoms with Gasteiger partial charge in [0.1, 0.15) is 6.04 Å². The molecule has 1 N–H and O–H groups in total. The number of nitrogens with zero attached hydrogens (tertiary/aromatic N) is 1. The Labute approximate surface area is 185 Å². The molecule has 2 aromatic carbocycles. The molecule has 0 fully saturated rings. The Hall–Kier alpha value is -2.33. The second-order valence-electron chi connectivity index (χ2n) is 8.01. The van der Waals surface area contributed by atoms with Crippen molar-refractivity contribution in [3.8, 4) is 0 Å². The maximum atomic E-state index is 13.1. The maximum absolute atomic E-state index is 13.1. The molecule has 1 atom stereocenters. The van der Waals surface area contributed by atoms with Crippen LogP contribution < -0.4 is 5.32 Å². The smallest absolute Gasteiger partial charge is 0.242 e. The van der Waals surface area contributed by atoms with Gasteiger partial charge < -0.3 is 10.2 Å². The van der Waals surface area contributed by atoms with Crippen molar-refractivity contribution in [3.63, 3.8) is 0 Å². The molecule has 0 bridgehead atoms. The Morgan fingerprint density at radius 2 is 1.57 bits per heavy atom. The SMILES string of the molecule is CCCNC(=O)C(C)N(Cc1ccc(Cl)cc1)C(=O)CCc1ccc(C(C)C)cc1. The van der Waals surface area contributed by atoms with Crippen molar-refractivity contribution in [2.75, 3.05) is 6.54 Å². The molecule has 4 nitrogen and oxygen atoms in total. The predicted octanol–water partition coefficient (Wildman–Crippen LogP) is 5.34. The van der Waals surface area contributed by atoms with Crippen LogP contribution in [-0.4, -0.2) is 29.3 Å². The second-order valence-corrected chi connectivity index (χ2v) is 8.45. The van der Waals surface area contributed by atoms with E-state index in [4.69, 9.17) is 11.6 Å². The molecule has 0 aliphatic heterocycles. The molecule has 162 valence electrons. The normalized spacial score (nSPS) is 11.9. The highest BCUT2D eigenvalue weighted by atomic mass is 35.5. The average molecular weight is 429 g/mol. The molecule has 30 heavy (non-hydrogen) atoms. The Kier molecular flexibility index (Phi) is 9.38. The van der Waals surface area contributed by atoms with Gasteiger partial charge in [0.05, 0.1) is 0 Å². The summed E-state index contributed by atoms with van der Waals surface area (Å²) >= 11 is 5.98. The number of benzene rings is 2. The minimum Gasteiger partial charge on any atom is -0.354 e. The van der Waals surface area contributed by atoms with E-state index in [0.29, 0.717) is 36.9 Å². The molecule has 0 aromatic heterocycles. The molecule has 0 saturated heterocycles. The minimum atomic E-state index is -0.539. The van der Waals surface area contributed by atoms with E-state index in [1.807, 2.05) is 19.1 Å². The summed E-state index contributed by atoms with van der Waals surface area (Å²) in [6.07, 6.45) is 1.87. The van der Waals surface area contributed by atoms with Crippen LogP contribution in [0, 0.1) is 0 Å². The van der Waals surface area contributed by atoms with E-state index in [2.05, 4.69) is 43.4 Å². The topological polar surface area (TPSA) is 49.4 Å². The Balaban J connectivity index is 2.09. The van der Waals surface area contributed by atoms with Crippen LogP contribution in [0.25, 0.3) is 0 Å². The molecule has 0 heterocycles. The fourth-order valence-corrected chi connectivity index (χ4v) is 3.36. The quantitative estimate of drug-likeness (QED) is 0.555. The molecular weight excluding hydrogens is 396 g/mol. The van der Waals surface area contributed by atoms with Crippen LogP contribution in [0.3, 0.4) is 0 Å². The zero-order valence-electron chi connectivity index (χ0n) is 18.5. The minimum absolute atomic E-state index is 0.0305. The first-order valence-corrected chi connectivity index (χ1v) is 11.1. The first-order valence-electron chi connectivity index (χ1n) is 10.7. The fraction of sp³-hybridized carbons (Fsp3) is 0.440. The molecule has 0 radical (unpaired) electrons. The van der Waals surface area contributed by atoms with Crippen molar-refractivity contribution in [1.29, 1.82) is 0 Å². The van der Waals surface area contributed by atoms with Gasteiger partial charge >= 0.3 is 0 Å². The van der Waals surface area contributed by atoms with Gasteiger partial charge in [0.15, 0.2) is 0 Å². The highest BCUT2D eigenvalue weighted by molar-refractivity contribution is 6.30. The number of nitrogens with one attached hydrogen (secondary N) is 1. The van der Waals surface area contributed by atoms with Crippen LogP contribution in [0.4, 0.5) is 0 Å². The van der Waals surface area contributed by atoms with Gasteiger partial charge in [-0.25, -0.2) is 0 Å². The van der Waals surface area contributed by atoms with Crippen molar-refractivity contribution in [2.45, 2.75) is 65.5 Å². The number of amides is 2. The van der Waals surface area contributed by atoms with Crippen LogP contribution in [0.2, 0.25) is 5.02 Å². The lowest BCUT2D eigenvalue weighted by molar-refractivity contribution is -0.140. The number of aryl methyl sites for hydroxylation is 1. The van der Waals surface area contributed by atoms with E-state index >= 15 is 0 Å². The summed E-state index contributed by atoms with van der Waals surface area (Å²) in [7, 11) is 0. The Morgan fingerprint density at radius 3 is 2.13 bits per heavy atom. The summed E-state index contributed by atoms with van der Waals surface area (Å²) in [4.78, 5) is 27.3. The monoisotopic (exact) mass is 428 g/mol. The van der Waals surface area contributed by atoms with Gasteiger partial charge in [-0.05, 0) is 54.5 Å². The van der Waals surface area contributed by atoms with Crippen molar-refractivity contribution in [1.82, 2.24) is 10.2 Å². The van der Waals surface area contributed by atoms with Crippen molar-refractivity contribution in [3.05, 3.63) is 70.2 Å². The van der Waals surface area contributed by atoms with Gasteiger partial charge in [0.2, 0.25) is 11.8 Å². The Bertz CT molecular complexity index is 816. The third-order valence-corrected chi connectivity index (χ3v) is 5.51. The number of halogens is 1. The fourth-order valence-electron chi connectivity index (χ4n) is 3.23. The lowest BCUT2D eigenvalue weighted by atomic mass is 10.00. The lowest BCUT2D eigenvalue weighted by Gasteiger charge is -2.29. The molecule has 0 spiro atoms. The summed E-state index contributed by atoms with van der Waals surface area (Å²) in [5.74, 6) is 0.329. The van der Waals surface area contributed by atoms with E-state index in [1.54, 1.807) is 24.0 Å². The molecule has 2 aromatic rings. The summed E-state index contributed by atoms with van der Waals surface area (Å²) in [6.45, 7) is 9.11. The number of hydrogen-bond acceptors (Lipinski definition) is 2. The number of carbonyl (C=O) groups excluding carboxylic acids is 2. The first-order chi connectivity index (χ1) is 14.3. The van der Waals surface area contributed by atoms with Gasteiger partial charge in [0, 0.05) is 24.5 Å². The van der Waals surface area contributed by atoms with Crippen molar-refractivity contribution < 1.29 is 9.59 Å². The largest absolute Gasteiger partial charge is 0.354 e. The highest BCUT2D eigenvalue weighted by Gasteiger charge is 2.25. The van der Waals surface area contributed by atoms with E-state index in [-0.39, 0.29) is 11.8 Å². The second kappa shape index (κ2) is 11.8. The number of carbonyl (C=O) groups is 2. The summed E-state index contributed by atoms with van der Waals surface area (Å²) in [6, 6.07) is 15.3. The summed E-state index contributed by atoms with van der Waals surface area (Å²) in [5, 5.41) is 3.55. The standard InChI is InChI=1S/C25H33ClN2O2/c1-5-16-27-25(30)19(4)28(17-21-8-13-23(26)14-9-21)24(29)15-10-20-6-11-22(12-7-20)18(2)3/h6-9,11-14,18-19H,5,10,15-17H2,1-4H3,(H,27,30). The third-order valence-electron chi connectivity index (χ3n) is 5.26. The van der Waals surface area contributed by atoms with Crippen molar-refractivity contribution in [2.24, 2.45) is 0 Å². The third kappa shape index (κ3) is 7.17. The van der Waals surface area contributed by atoms with E-state index < -0.39 is 6.04 Å². The van der Waals surface area contributed by atoms with Crippen LogP contribution in [0.1, 0.15) is 63.1 Å². The molecule has 0 aliphatic rings. The van der Waals surface area contributed by atoms with Gasteiger partial charge in [-0.3, -0.25) is 9.59 Å². The molecule has 0 aliphatic carbocycles. The van der Waals surface area contributed by atoms with E-state index in [0.717, 1.165) is 17.5 Å². The van der Waals surface area contributed by atoms with Crippen LogP contribution in [-0.2, 0) is 22.6 Å². The lowest BCUT2D eigenvalue weighted by Crippen LogP contribution is -2.47. The maximum Gasteiger partial charge on any atom is 0.242 e. The van der Waals surface area contributed by atoms with E-state index in [9.17, 15) is 9.59 Å². The first kappa shape index (κ1) is 23.9. The molecular formula is C25H33ClN2O2. The zero-order chi connectivity index (χ0) is 22.1. The van der Waals surface area contributed by atoms with E-state index in [1.165, 1.54) is 5.56 Å². The molecule has 2 rings (SSSR count). The summed E-state index contributed by atoms with van der Waals surface area (Å²) < 4.78 is 0. The molecule has 0 saturated carbocycles. The number of rotatable bonds is 10. The van der Waals surface area contributed by atoms with Gasteiger partial charge in [-0.2, -0.15) is 0 Å². The molecule has 2 amide bonds. The predicted molar refractivity (Wildman–Crippen MR) is 124 cm³/mol. The van der Waals surface area contributed by atoms with Gasteiger partial charge in [-0.15, -0.1) is 0 Å². The van der Waals surface area contributed by atoms with Crippen LogP contribution >= 0.6 is 11.6 Å². The average Bonchev–Trinajstić information content (AvgIpc) is 2.75. The summed E-state index contributed by atoms with van der Waals surface area (Å²) in [5.41, 5.74) is 3.36. The Morgan fingerprint density at radius 1 is 0.967 bits per heavy atom.